The maximum atomic E-state index is 12.3. The number of sulfone groups is 1. The predicted octanol–water partition coefficient (Wildman–Crippen LogP) is 1.57. The quantitative estimate of drug-likeness (QED) is 0.588. The van der Waals surface area contributed by atoms with Crippen LogP contribution >= 0.6 is 0 Å². The molecule has 2 aliphatic rings. The summed E-state index contributed by atoms with van der Waals surface area (Å²) in [6, 6.07) is 0.402. The van der Waals surface area contributed by atoms with Gasteiger partial charge in [-0.3, -0.25) is 4.99 Å². The van der Waals surface area contributed by atoms with E-state index in [-0.39, 0.29) is 0 Å². The number of rotatable bonds is 4. The van der Waals surface area contributed by atoms with Gasteiger partial charge < -0.3 is 15.4 Å². The van der Waals surface area contributed by atoms with Crippen LogP contribution in [-0.2, 0) is 14.6 Å². The van der Waals surface area contributed by atoms with Gasteiger partial charge >= 0.3 is 0 Å². The first kappa shape index (κ1) is 19.5. The molecule has 7 heteroatoms. The van der Waals surface area contributed by atoms with Crippen LogP contribution in [0.5, 0.6) is 0 Å². The van der Waals surface area contributed by atoms with Crippen molar-refractivity contribution in [2.24, 2.45) is 16.8 Å². The highest BCUT2D eigenvalue weighted by atomic mass is 32.2. The van der Waals surface area contributed by atoms with Crippen LogP contribution in [0, 0.1) is 11.8 Å². The number of aliphatic imine (C=N–C) groups is 1. The van der Waals surface area contributed by atoms with Crippen molar-refractivity contribution in [1.29, 1.82) is 0 Å². The zero-order valence-corrected chi connectivity index (χ0v) is 16.3. The molecule has 1 aliphatic carbocycles. The van der Waals surface area contributed by atoms with Crippen LogP contribution in [0.15, 0.2) is 4.99 Å². The number of ether oxygens (including phenoxy) is 1. The Labute approximate surface area is 146 Å². The summed E-state index contributed by atoms with van der Waals surface area (Å²) >= 11 is 0. The monoisotopic (exact) mass is 359 g/mol. The van der Waals surface area contributed by atoms with Gasteiger partial charge in [0.2, 0.25) is 0 Å². The number of nitrogens with zero attached hydrogens (tertiary/aromatic N) is 1. The largest absolute Gasteiger partial charge is 0.381 e. The molecule has 0 aromatic rings. The van der Waals surface area contributed by atoms with Gasteiger partial charge in [-0.05, 0) is 43.9 Å². The third-order valence-electron chi connectivity index (χ3n) is 5.51. The van der Waals surface area contributed by atoms with E-state index >= 15 is 0 Å². The molecule has 1 aliphatic heterocycles. The van der Waals surface area contributed by atoms with Crippen molar-refractivity contribution in [1.82, 2.24) is 10.6 Å². The summed E-state index contributed by atoms with van der Waals surface area (Å²) in [7, 11) is -1.43. The van der Waals surface area contributed by atoms with Gasteiger partial charge in [0.15, 0.2) is 15.8 Å². The molecule has 0 radical (unpaired) electrons. The van der Waals surface area contributed by atoms with E-state index in [2.05, 4.69) is 29.5 Å². The Morgan fingerprint density at radius 1 is 1.17 bits per heavy atom. The fraction of sp³-hybridized carbons (Fsp3) is 0.941. The normalized spacial score (nSPS) is 31.5. The molecule has 0 aromatic carbocycles. The van der Waals surface area contributed by atoms with Gasteiger partial charge in [-0.1, -0.05) is 13.8 Å². The van der Waals surface area contributed by atoms with Gasteiger partial charge in [-0.2, -0.15) is 0 Å². The van der Waals surface area contributed by atoms with Gasteiger partial charge in [0, 0.05) is 39.1 Å². The molecule has 0 amide bonds. The van der Waals surface area contributed by atoms with Crippen LogP contribution in [-0.4, -0.2) is 58.2 Å². The molecule has 2 N–H and O–H groups in total. The van der Waals surface area contributed by atoms with Crippen molar-refractivity contribution in [2.75, 3.05) is 33.1 Å². The van der Waals surface area contributed by atoms with Crippen LogP contribution in [0.3, 0.4) is 0 Å². The summed E-state index contributed by atoms with van der Waals surface area (Å²) in [5.74, 6) is 2.13. The van der Waals surface area contributed by atoms with E-state index in [0.29, 0.717) is 56.4 Å². The Bertz CT molecular complexity index is 531. The second-order valence-corrected chi connectivity index (χ2v) is 10.2. The van der Waals surface area contributed by atoms with Gasteiger partial charge in [-0.25, -0.2) is 8.42 Å². The molecule has 140 valence electrons. The highest BCUT2D eigenvalue weighted by molar-refractivity contribution is 7.92. The number of hydrogen-bond acceptors (Lipinski definition) is 4. The maximum absolute atomic E-state index is 12.3. The Hall–Kier alpha value is -0.820. The highest BCUT2D eigenvalue weighted by Crippen LogP contribution is 2.29. The Balaban J connectivity index is 1.97. The predicted molar refractivity (Wildman–Crippen MR) is 98.1 cm³/mol. The smallest absolute Gasteiger partial charge is 0.191 e. The lowest BCUT2D eigenvalue weighted by Gasteiger charge is -2.37. The first-order valence-corrected chi connectivity index (χ1v) is 10.9. The van der Waals surface area contributed by atoms with Crippen LogP contribution in [0.2, 0.25) is 0 Å². The average Bonchev–Trinajstić information content (AvgIpc) is 2.50. The Kier molecular flexibility index (Phi) is 6.53. The molecular formula is C17H33N3O3S. The lowest BCUT2D eigenvalue weighted by atomic mass is 9.80. The van der Waals surface area contributed by atoms with E-state index in [4.69, 9.17) is 4.74 Å². The molecule has 2 atom stereocenters. The standard InChI is InChI=1S/C17H33N3O3S/c1-13-9-14(2)11-15(10-13)20-16(18-3)19-12-17(24(4,21)22)5-7-23-8-6-17/h13-15H,5-12H2,1-4H3,(H2,18,19,20). The van der Waals surface area contributed by atoms with E-state index in [0.717, 1.165) is 12.8 Å². The Morgan fingerprint density at radius 2 is 1.75 bits per heavy atom. The zero-order chi connectivity index (χ0) is 17.8. The fourth-order valence-electron chi connectivity index (χ4n) is 4.12. The average molecular weight is 360 g/mol. The summed E-state index contributed by atoms with van der Waals surface area (Å²) < 4.78 is 29.3. The highest BCUT2D eigenvalue weighted by Gasteiger charge is 2.42. The SMILES string of the molecule is CN=C(NCC1(S(C)(=O)=O)CCOCC1)NC1CC(C)CC(C)C1. The topological polar surface area (TPSA) is 79.8 Å². The van der Waals surface area contributed by atoms with Crippen molar-refractivity contribution in [2.45, 2.75) is 56.7 Å². The Morgan fingerprint density at radius 3 is 2.25 bits per heavy atom. The van der Waals surface area contributed by atoms with Gasteiger partial charge in [-0.15, -0.1) is 0 Å². The maximum Gasteiger partial charge on any atom is 0.191 e. The van der Waals surface area contributed by atoms with Crippen LogP contribution in [0.25, 0.3) is 0 Å². The molecule has 0 spiro atoms. The molecule has 1 saturated heterocycles. The lowest BCUT2D eigenvalue weighted by Crippen LogP contribution is -2.55. The van der Waals surface area contributed by atoms with Crippen LogP contribution < -0.4 is 10.6 Å². The molecule has 1 heterocycles. The molecule has 2 fully saturated rings. The summed E-state index contributed by atoms with van der Waals surface area (Å²) in [5.41, 5.74) is 0. The van der Waals surface area contributed by atoms with E-state index in [1.807, 2.05) is 0 Å². The molecule has 0 aromatic heterocycles. The third kappa shape index (κ3) is 4.85. The number of hydrogen-bond donors (Lipinski definition) is 2. The van der Waals surface area contributed by atoms with Crippen LogP contribution in [0.4, 0.5) is 0 Å². The van der Waals surface area contributed by atoms with Crippen LogP contribution in [0.1, 0.15) is 46.0 Å². The minimum absolute atomic E-state index is 0.382. The second kappa shape index (κ2) is 8.04. The summed E-state index contributed by atoms with van der Waals surface area (Å²) in [4.78, 5) is 4.30. The fourth-order valence-corrected chi connectivity index (χ4v) is 5.36. The van der Waals surface area contributed by atoms with Gasteiger partial charge in [0.1, 0.15) is 0 Å². The molecule has 2 unspecified atom stereocenters. The van der Waals surface area contributed by atoms with E-state index in [1.165, 1.54) is 12.7 Å². The minimum Gasteiger partial charge on any atom is -0.381 e. The van der Waals surface area contributed by atoms with E-state index in [1.54, 1.807) is 7.05 Å². The first-order valence-electron chi connectivity index (χ1n) is 9.00. The molecule has 0 bridgehead atoms. The summed E-state index contributed by atoms with van der Waals surface area (Å²) in [5, 5.41) is 6.76. The molecular weight excluding hydrogens is 326 g/mol. The van der Waals surface area contributed by atoms with Gasteiger partial charge in [0.25, 0.3) is 0 Å². The lowest BCUT2D eigenvalue weighted by molar-refractivity contribution is 0.0756. The molecule has 1 saturated carbocycles. The van der Waals surface area contributed by atoms with Crippen molar-refractivity contribution in [3.05, 3.63) is 0 Å². The first-order chi connectivity index (χ1) is 11.3. The summed E-state index contributed by atoms with van der Waals surface area (Å²) in [6.07, 6.45) is 5.95. The number of nitrogens with one attached hydrogen (secondary N) is 2. The van der Waals surface area contributed by atoms with Crippen molar-refractivity contribution in [3.8, 4) is 0 Å². The van der Waals surface area contributed by atoms with Crippen molar-refractivity contribution < 1.29 is 13.2 Å². The van der Waals surface area contributed by atoms with Gasteiger partial charge in [0.05, 0.1) is 4.75 Å². The van der Waals surface area contributed by atoms with Crippen molar-refractivity contribution >= 4 is 15.8 Å². The molecule has 24 heavy (non-hydrogen) atoms. The van der Waals surface area contributed by atoms with E-state index in [9.17, 15) is 8.42 Å². The third-order valence-corrected chi connectivity index (χ3v) is 7.64. The minimum atomic E-state index is -3.17. The zero-order valence-electron chi connectivity index (χ0n) is 15.5. The second-order valence-electron chi connectivity index (χ2n) is 7.75. The molecule has 2 rings (SSSR count). The molecule has 6 nitrogen and oxygen atoms in total. The number of guanidine groups is 1. The summed E-state index contributed by atoms with van der Waals surface area (Å²) in [6.45, 7) is 5.96. The van der Waals surface area contributed by atoms with E-state index < -0.39 is 14.6 Å². The van der Waals surface area contributed by atoms with Crippen molar-refractivity contribution in [3.63, 3.8) is 0 Å².